The number of alkyl halides is 4. The molecule has 1 aliphatic carbocycles. The number of amides is 3. The molecule has 10 rings (SSSR count). The van der Waals surface area contributed by atoms with Gasteiger partial charge in [-0.2, -0.15) is 10.2 Å². The highest BCUT2D eigenvalue weighted by Gasteiger charge is 2.48. The van der Waals surface area contributed by atoms with Crippen molar-refractivity contribution in [3.63, 3.8) is 0 Å². The van der Waals surface area contributed by atoms with Crippen LogP contribution in [0, 0.1) is 11.3 Å². The summed E-state index contributed by atoms with van der Waals surface area (Å²) < 4.78 is 72.6. The van der Waals surface area contributed by atoms with Crippen molar-refractivity contribution in [3.8, 4) is 0 Å². The number of aryl methyl sites for hydroxylation is 1. The van der Waals surface area contributed by atoms with Crippen molar-refractivity contribution in [2.24, 2.45) is 18.4 Å². The number of imide groups is 1. The molecule has 4 aliphatic heterocycles. The molecule has 5 aromatic rings. The molecule has 21 heteroatoms. The lowest BCUT2D eigenvalue weighted by molar-refractivity contribution is -0.135. The first kappa shape index (κ1) is 43.1. The van der Waals surface area contributed by atoms with E-state index in [0.717, 1.165) is 32.5 Å². The predicted octanol–water partition coefficient (Wildman–Crippen LogP) is 4.94. The summed E-state index contributed by atoms with van der Waals surface area (Å²) in [6, 6.07) is 4.78. The molecule has 0 bridgehead atoms. The number of para-hydroxylation sites is 1. The molecule has 4 aromatic heterocycles. The summed E-state index contributed by atoms with van der Waals surface area (Å²) in [5.74, 6) is -3.92. The van der Waals surface area contributed by atoms with E-state index in [4.69, 9.17) is 9.72 Å². The molecule has 2 unspecified atom stereocenters. The largest absolute Gasteiger partial charge is 0.381 e. The van der Waals surface area contributed by atoms with E-state index >= 15 is 8.78 Å². The van der Waals surface area contributed by atoms with Gasteiger partial charge in [-0.25, -0.2) is 31.9 Å². The second kappa shape index (κ2) is 16.6. The maximum absolute atomic E-state index is 16.2. The Bertz CT molecular complexity index is 2710. The SMILES string of the molecule is CN(CC1CCC(n2cc(NC(=O)c3cnn4ccc(N5CC6(CCCOC6)C5)nc34)c(C(F)F)n2)CC1)C1CCN(c2cccc3c2n(C)c(=O)n3C2CCC(=O)NC2=O)CC1(F)F. The Morgan fingerprint density at radius 3 is 2.57 bits per heavy atom. The van der Waals surface area contributed by atoms with E-state index < -0.39 is 60.1 Å². The third-order valence-corrected chi connectivity index (χ3v) is 14.4. The van der Waals surface area contributed by atoms with Crippen molar-refractivity contribution in [3.05, 3.63) is 64.6 Å². The minimum absolute atomic E-state index is 0.0878. The van der Waals surface area contributed by atoms with Crippen LogP contribution >= 0.6 is 0 Å². The standard InChI is InChI=1S/C44H52F4N12O5/c1-54(33-13-16-56(24-44(33,47)48)30-5-3-6-31-37(30)55(2)42(64)60(31)32-11-12-35(61)52-41(32)63)20-26-7-9-27(10-8-26)59-21-29(36(53-59)38(45)46)50-40(62)28-19-49-58-17-14-34(51-39(28)58)57-22-43(23-57)15-4-18-65-25-43/h3,5-6,14,17,19,21,26-27,32-33,38H,4,7-13,15-16,18,20,22-25H2,1-2H3,(H,50,62)(H,52,61,63). The number of hydrogen-bond donors (Lipinski definition) is 2. The fourth-order valence-corrected chi connectivity index (χ4v) is 11.0. The number of rotatable bonds is 10. The quantitative estimate of drug-likeness (QED) is 0.144. The fraction of sp³-hybridized carbons (Fsp3) is 0.568. The van der Waals surface area contributed by atoms with Gasteiger partial charge < -0.3 is 19.9 Å². The number of halogens is 4. The van der Waals surface area contributed by atoms with Gasteiger partial charge in [-0.3, -0.25) is 38.4 Å². The second-order valence-electron chi connectivity index (χ2n) is 18.7. The monoisotopic (exact) mass is 904 g/mol. The molecule has 1 saturated carbocycles. The van der Waals surface area contributed by atoms with Gasteiger partial charge in [0.2, 0.25) is 11.8 Å². The summed E-state index contributed by atoms with van der Waals surface area (Å²) in [5.41, 5.74) is 0.815. The third-order valence-electron chi connectivity index (χ3n) is 14.4. The van der Waals surface area contributed by atoms with Gasteiger partial charge in [0.15, 0.2) is 11.3 Å². The van der Waals surface area contributed by atoms with Gasteiger partial charge >= 0.3 is 5.69 Å². The van der Waals surface area contributed by atoms with Gasteiger partial charge in [0.1, 0.15) is 17.4 Å². The number of hydrogen-bond acceptors (Lipinski definition) is 11. The number of anilines is 3. The van der Waals surface area contributed by atoms with Crippen molar-refractivity contribution >= 4 is 51.6 Å². The first-order valence-electron chi connectivity index (χ1n) is 22.4. The molecule has 1 aromatic carbocycles. The normalized spacial score (nSPS) is 24.6. The van der Waals surface area contributed by atoms with Crippen LogP contribution in [0.5, 0.6) is 0 Å². The van der Waals surface area contributed by atoms with Crippen molar-refractivity contribution in [1.82, 2.24) is 43.7 Å². The number of carbonyl (C=O) groups excluding carboxylic acids is 3. The van der Waals surface area contributed by atoms with Crippen molar-refractivity contribution in [1.29, 1.82) is 0 Å². The number of carbonyl (C=O) groups is 3. The van der Waals surface area contributed by atoms with E-state index in [1.165, 1.54) is 30.7 Å². The molecule has 0 radical (unpaired) electrons. The van der Waals surface area contributed by atoms with E-state index in [2.05, 4.69) is 25.7 Å². The fourth-order valence-electron chi connectivity index (χ4n) is 11.0. The number of nitrogens with zero attached hydrogens (tertiary/aromatic N) is 10. The van der Waals surface area contributed by atoms with E-state index in [-0.39, 0.29) is 47.9 Å². The van der Waals surface area contributed by atoms with Crippen LogP contribution in [0.3, 0.4) is 0 Å². The molecule has 4 saturated heterocycles. The minimum Gasteiger partial charge on any atom is -0.381 e. The Balaban J connectivity index is 0.762. The lowest BCUT2D eigenvalue weighted by Gasteiger charge is -2.52. The Kier molecular flexibility index (Phi) is 11.0. The number of benzene rings is 1. The summed E-state index contributed by atoms with van der Waals surface area (Å²) in [4.78, 5) is 61.8. The molecule has 1 spiro atoms. The van der Waals surface area contributed by atoms with Crippen LogP contribution in [0.15, 0.2) is 47.7 Å². The lowest BCUT2D eigenvalue weighted by Crippen LogP contribution is -2.60. The van der Waals surface area contributed by atoms with E-state index in [1.54, 1.807) is 48.3 Å². The lowest BCUT2D eigenvalue weighted by atomic mass is 9.75. The topological polar surface area (TPSA) is 169 Å². The number of nitrogens with one attached hydrogen (secondary N) is 2. The highest BCUT2D eigenvalue weighted by molar-refractivity contribution is 6.08. The summed E-state index contributed by atoms with van der Waals surface area (Å²) in [6.07, 6.45) is 6.66. The molecule has 2 N–H and O–H groups in total. The van der Waals surface area contributed by atoms with Gasteiger partial charge in [0.05, 0.1) is 53.8 Å². The zero-order valence-corrected chi connectivity index (χ0v) is 36.3. The second-order valence-corrected chi connectivity index (χ2v) is 18.7. The molecule has 8 heterocycles. The number of piperidine rings is 2. The molecule has 5 aliphatic rings. The van der Waals surface area contributed by atoms with Crippen LogP contribution in [0.25, 0.3) is 16.7 Å². The van der Waals surface area contributed by atoms with E-state index in [1.807, 2.05) is 6.07 Å². The molecule has 3 amide bonds. The van der Waals surface area contributed by atoms with E-state index in [0.29, 0.717) is 73.6 Å². The van der Waals surface area contributed by atoms with Crippen molar-refractivity contribution < 1.29 is 36.7 Å². The van der Waals surface area contributed by atoms with Crippen LogP contribution < -0.4 is 26.1 Å². The highest BCUT2D eigenvalue weighted by Crippen LogP contribution is 2.42. The summed E-state index contributed by atoms with van der Waals surface area (Å²) in [7, 11) is 3.27. The van der Waals surface area contributed by atoms with Gasteiger partial charge in [-0.15, -0.1) is 0 Å². The Morgan fingerprint density at radius 1 is 1.05 bits per heavy atom. The molecule has 346 valence electrons. The highest BCUT2D eigenvalue weighted by atomic mass is 19.3. The summed E-state index contributed by atoms with van der Waals surface area (Å²) in [5, 5.41) is 13.4. The summed E-state index contributed by atoms with van der Waals surface area (Å²) in [6.45, 7) is 3.27. The van der Waals surface area contributed by atoms with Crippen LogP contribution in [0.4, 0.5) is 34.8 Å². The average Bonchev–Trinajstić information content (AvgIpc) is 3.97. The van der Waals surface area contributed by atoms with Crippen molar-refractivity contribution in [2.75, 3.05) is 68.1 Å². The molecule has 5 fully saturated rings. The van der Waals surface area contributed by atoms with Crippen LogP contribution in [0.2, 0.25) is 0 Å². The van der Waals surface area contributed by atoms with Gasteiger partial charge in [-0.1, -0.05) is 6.07 Å². The van der Waals surface area contributed by atoms with Gasteiger partial charge in [0, 0.05) is 64.1 Å². The smallest absolute Gasteiger partial charge is 0.329 e. The zero-order chi connectivity index (χ0) is 45.4. The zero-order valence-electron chi connectivity index (χ0n) is 36.3. The van der Waals surface area contributed by atoms with Crippen LogP contribution in [-0.2, 0) is 21.4 Å². The van der Waals surface area contributed by atoms with Gasteiger partial charge in [0.25, 0.3) is 18.3 Å². The third kappa shape index (κ3) is 7.82. The minimum atomic E-state index is -3.11. The molecule has 17 nitrogen and oxygen atoms in total. The van der Waals surface area contributed by atoms with Crippen LogP contribution in [0.1, 0.15) is 92.3 Å². The number of ether oxygens (including phenoxy) is 1. The summed E-state index contributed by atoms with van der Waals surface area (Å²) >= 11 is 0. The van der Waals surface area contributed by atoms with E-state index in [9.17, 15) is 28.0 Å². The number of imidazole rings is 1. The first-order chi connectivity index (χ1) is 31.2. The first-order valence-corrected chi connectivity index (χ1v) is 22.4. The number of fused-ring (bicyclic) bond motifs is 2. The number of aromatic nitrogens is 7. The molecule has 65 heavy (non-hydrogen) atoms. The average molecular weight is 905 g/mol. The van der Waals surface area contributed by atoms with Crippen molar-refractivity contribution in [2.45, 2.75) is 88.3 Å². The molecule has 2 atom stereocenters. The van der Waals surface area contributed by atoms with Gasteiger partial charge in [-0.05, 0) is 82.5 Å². The maximum atomic E-state index is 16.2. The Hall–Kier alpha value is -5.83. The molecular formula is C44H52F4N12O5. The Morgan fingerprint density at radius 2 is 1.85 bits per heavy atom. The Labute approximate surface area is 370 Å². The maximum Gasteiger partial charge on any atom is 0.329 e. The molecular weight excluding hydrogens is 853 g/mol. The predicted molar refractivity (Wildman–Crippen MR) is 231 cm³/mol. The van der Waals surface area contributed by atoms with Crippen LogP contribution in [-0.4, -0.2) is 121 Å².